The summed E-state index contributed by atoms with van der Waals surface area (Å²) in [5, 5.41) is 4.09. The van der Waals surface area contributed by atoms with Gasteiger partial charge < -0.3 is 5.32 Å². The number of carbonyl (C=O) groups excluding carboxylic acids is 1. The van der Waals surface area contributed by atoms with Crippen LogP contribution in [-0.4, -0.2) is 10.6 Å². The van der Waals surface area contributed by atoms with Crippen molar-refractivity contribution in [3.8, 4) is 0 Å². The van der Waals surface area contributed by atoms with E-state index >= 15 is 0 Å². The summed E-state index contributed by atoms with van der Waals surface area (Å²) in [4.78, 5) is 12.7. The number of anilines is 1. The van der Waals surface area contributed by atoms with Crippen LogP contribution in [0.5, 0.6) is 0 Å². The predicted molar refractivity (Wildman–Crippen MR) is 91.4 cm³/mol. The number of amides is 1. The van der Waals surface area contributed by atoms with E-state index in [9.17, 15) is 4.79 Å². The Morgan fingerprint density at radius 3 is 2.55 bits per heavy atom. The van der Waals surface area contributed by atoms with E-state index in [1.54, 1.807) is 4.57 Å². The number of nitrogens with zero attached hydrogens (tertiary/aromatic N) is 1. The third kappa shape index (κ3) is 2.89. The Hall–Kier alpha value is -2.55. The van der Waals surface area contributed by atoms with Crippen LogP contribution in [0.15, 0.2) is 60.7 Å². The van der Waals surface area contributed by atoms with Gasteiger partial charge >= 0.3 is 6.03 Å². The number of unbranched alkanes of at least 4 members (excludes halogenated alkanes) is 1. The van der Waals surface area contributed by atoms with Crippen molar-refractivity contribution >= 4 is 22.6 Å². The lowest BCUT2D eigenvalue weighted by Crippen LogP contribution is -2.21. The van der Waals surface area contributed by atoms with E-state index in [1.807, 2.05) is 48.5 Å². The van der Waals surface area contributed by atoms with Crippen LogP contribution in [0, 0.1) is 0 Å². The highest BCUT2D eigenvalue weighted by atomic mass is 16.2. The summed E-state index contributed by atoms with van der Waals surface area (Å²) in [6.45, 7) is 2.16. The number of aromatic nitrogens is 1. The molecule has 0 aliphatic carbocycles. The lowest BCUT2D eigenvalue weighted by molar-refractivity contribution is 0.253. The van der Waals surface area contributed by atoms with Gasteiger partial charge in [-0.3, -0.25) is 4.57 Å². The van der Waals surface area contributed by atoms with Crippen molar-refractivity contribution in [3.63, 3.8) is 0 Å². The highest BCUT2D eigenvalue weighted by molar-refractivity contribution is 5.99. The Morgan fingerprint density at radius 2 is 1.77 bits per heavy atom. The highest BCUT2D eigenvalue weighted by Gasteiger charge is 2.14. The van der Waals surface area contributed by atoms with Crippen molar-refractivity contribution in [2.24, 2.45) is 0 Å². The molecular formula is C19H20N2O. The van der Waals surface area contributed by atoms with Gasteiger partial charge in [-0.2, -0.15) is 0 Å². The lowest BCUT2D eigenvalue weighted by atomic mass is 10.2. The average molecular weight is 292 g/mol. The summed E-state index contributed by atoms with van der Waals surface area (Å²) >= 11 is 0. The molecule has 0 radical (unpaired) electrons. The van der Waals surface area contributed by atoms with Crippen LogP contribution in [0.1, 0.15) is 25.5 Å². The molecule has 1 aromatic heterocycles. The van der Waals surface area contributed by atoms with Gasteiger partial charge in [0.15, 0.2) is 0 Å². The average Bonchev–Trinajstić information content (AvgIpc) is 2.92. The van der Waals surface area contributed by atoms with E-state index in [2.05, 4.69) is 24.4 Å². The van der Waals surface area contributed by atoms with E-state index in [4.69, 9.17) is 0 Å². The SMILES string of the molecule is CCCCc1cc2ccccc2n1C(=O)Nc1ccccc1. The number of rotatable bonds is 4. The molecule has 0 spiro atoms. The molecule has 1 heterocycles. The van der Waals surface area contributed by atoms with E-state index in [1.165, 1.54) is 0 Å². The summed E-state index contributed by atoms with van der Waals surface area (Å²) in [6, 6.07) is 19.6. The minimum absolute atomic E-state index is 0.0986. The van der Waals surface area contributed by atoms with Crippen molar-refractivity contribution in [2.45, 2.75) is 26.2 Å². The van der Waals surface area contributed by atoms with Crippen molar-refractivity contribution in [3.05, 3.63) is 66.4 Å². The Bertz CT molecular complexity index is 774. The molecule has 0 atom stereocenters. The number of aryl methyl sites for hydroxylation is 1. The Morgan fingerprint density at radius 1 is 1.05 bits per heavy atom. The fourth-order valence-electron chi connectivity index (χ4n) is 2.69. The molecule has 3 rings (SSSR count). The molecule has 3 nitrogen and oxygen atoms in total. The van der Waals surface area contributed by atoms with Gasteiger partial charge in [0.2, 0.25) is 0 Å². The second-order valence-corrected chi connectivity index (χ2v) is 5.43. The van der Waals surface area contributed by atoms with Crippen molar-refractivity contribution < 1.29 is 4.79 Å². The largest absolute Gasteiger partial charge is 0.330 e. The number of fused-ring (bicyclic) bond motifs is 1. The van der Waals surface area contributed by atoms with Crippen molar-refractivity contribution in [1.29, 1.82) is 0 Å². The zero-order chi connectivity index (χ0) is 15.4. The van der Waals surface area contributed by atoms with Gasteiger partial charge in [0.1, 0.15) is 0 Å². The summed E-state index contributed by atoms with van der Waals surface area (Å²) < 4.78 is 1.80. The van der Waals surface area contributed by atoms with Gasteiger partial charge in [-0.1, -0.05) is 49.7 Å². The van der Waals surface area contributed by atoms with Gasteiger partial charge in [-0.25, -0.2) is 4.79 Å². The van der Waals surface area contributed by atoms with E-state index in [0.717, 1.165) is 41.5 Å². The van der Waals surface area contributed by atoms with Crippen molar-refractivity contribution in [1.82, 2.24) is 4.57 Å². The molecule has 0 aliphatic rings. The first-order chi connectivity index (χ1) is 10.8. The fraction of sp³-hybridized carbons (Fsp3) is 0.211. The summed E-state index contributed by atoms with van der Waals surface area (Å²) in [6.07, 6.45) is 3.10. The number of hydrogen-bond acceptors (Lipinski definition) is 1. The maximum absolute atomic E-state index is 12.7. The summed E-state index contributed by atoms with van der Waals surface area (Å²) in [5.41, 5.74) is 2.84. The quantitative estimate of drug-likeness (QED) is 0.716. The molecule has 0 aliphatic heterocycles. The molecule has 22 heavy (non-hydrogen) atoms. The second kappa shape index (κ2) is 6.48. The normalized spacial score (nSPS) is 10.8. The first-order valence-electron chi connectivity index (χ1n) is 7.75. The molecule has 0 bridgehead atoms. The molecule has 3 heteroatoms. The molecule has 112 valence electrons. The molecule has 0 fully saturated rings. The molecule has 0 unspecified atom stereocenters. The maximum atomic E-state index is 12.7. The van der Waals surface area contributed by atoms with Gasteiger partial charge in [0, 0.05) is 16.8 Å². The summed E-state index contributed by atoms with van der Waals surface area (Å²) in [7, 11) is 0. The lowest BCUT2D eigenvalue weighted by Gasteiger charge is -2.11. The molecule has 2 aromatic carbocycles. The molecule has 0 saturated heterocycles. The molecule has 3 aromatic rings. The highest BCUT2D eigenvalue weighted by Crippen LogP contribution is 2.22. The van der Waals surface area contributed by atoms with Gasteiger partial charge in [0.05, 0.1) is 5.52 Å². The number of nitrogens with one attached hydrogen (secondary N) is 1. The van der Waals surface area contributed by atoms with Gasteiger partial charge in [-0.05, 0) is 37.1 Å². The van der Waals surface area contributed by atoms with Crippen LogP contribution in [0.4, 0.5) is 10.5 Å². The van der Waals surface area contributed by atoms with E-state index < -0.39 is 0 Å². The summed E-state index contributed by atoms with van der Waals surface area (Å²) in [5.74, 6) is 0. The van der Waals surface area contributed by atoms with Crippen LogP contribution in [-0.2, 0) is 6.42 Å². The van der Waals surface area contributed by atoms with Crippen LogP contribution in [0.2, 0.25) is 0 Å². The molecule has 1 N–H and O–H groups in total. The second-order valence-electron chi connectivity index (χ2n) is 5.43. The minimum atomic E-state index is -0.0986. The smallest absolute Gasteiger partial charge is 0.307 e. The zero-order valence-corrected chi connectivity index (χ0v) is 12.8. The molecule has 1 amide bonds. The van der Waals surface area contributed by atoms with E-state index in [-0.39, 0.29) is 6.03 Å². The predicted octanol–water partition coefficient (Wildman–Crippen LogP) is 5.06. The molecular weight excluding hydrogens is 272 g/mol. The maximum Gasteiger partial charge on any atom is 0.330 e. The van der Waals surface area contributed by atoms with Gasteiger partial charge in [-0.15, -0.1) is 0 Å². The Kier molecular flexibility index (Phi) is 4.24. The van der Waals surface area contributed by atoms with Crippen LogP contribution < -0.4 is 5.32 Å². The van der Waals surface area contributed by atoms with Crippen LogP contribution in [0.25, 0.3) is 10.9 Å². The first kappa shape index (κ1) is 14.4. The monoisotopic (exact) mass is 292 g/mol. The van der Waals surface area contributed by atoms with Crippen LogP contribution in [0.3, 0.4) is 0 Å². The number of benzene rings is 2. The standard InChI is InChI=1S/C19H20N2O/c1-2-3-12-17-14-15-9-7-8-13-18(15)21(17)19(22)20-16-10-5-4-6-11-16/h4-11,13-14H,2-3,12H2,1H3,(H,20,22). The number of carbonyl (C=O) groups is 1. The topological polar surface area (TPSA) is 34.0 Å². The van der Waals surface area contributed by atoms with E-state index in [0.29, 0.717) is 0 Å². The third-order valence-electron chi connectivity index (χ3n) is 3.80. The molecule has 0 saturated carbocycles. The van der Waals surface area contributed by atoms with Crippen molar-refractivity contribution in [2.75, 3.05) is 5.32 Å². The number of hydrogen-bond donors (Lipinski definition) is 1. The fourth-order valence-corrected chi connectivity index (χ4v) is 2.69. The Balaban J connectivity index is 1.98. The number of para-hydroxylation sites is 2. The minimum Gasteiger partial charge on any atom is -0.307 e. The first-order valence-corrected chi connectivity index (χ1v) is 7.75. The Labute approximate surface area is 130 Å². The van der Waals surface area contributed by atoms with Gasteiger partial charge in [0.25, 0.3) is 0 Å². The third-order valence-corrected chi connectivity index (χ3v) is 3.80. The van der Waals surface area contributed by atoms with Crippen LogP contribution >= 0.6 is 0 Å². The zero-order valence-electron chi connectivity index (χ0n) is 12.8.